The Balaban J connectivity index is 2.37. The highest BCUT2D eigenvalue weighted by atomic mass is 16.3. The summed E-state index contributed by atoms with van der Waals surface area (Å²) in [5, 5.41) is 11.9. The third kappa shape index (κ3) is 2.06. The van der Waals surface area contributed by atoms with Crippen LogP contribution in [0.1, 0.15) is 12.5 Å². The van der Waals surface area contributed by atoms with Crippen LogP contribution >= 0.6 is 0 Å². The molecule has 1 atom stereocenters. The fourth-order valence-electron chi connectivity index (χ4n) is 1.95. The molecule has 0 spiro atoms. The number of likely N-dealkylation sites (N-methyl/N-ethyl adjacent to an activating group) is 1. The fraction of sp³-hybridized carbons (Fsp3) is 0.417. The number of rotatable bonds is 3. The van der Waals surface area contributed by atoms with Crippen molar-refractivity contribution in [2.75, 3.05) is 29.6 Å². The molecule has 4 N–H and O–H groups in total. The van der Waals surface area contributed by atoms with Crippen LogP contribution in [-0.4, -0.2) is 30.7 Å². The molecule has 1 aromatic rings. The van der Waals surface area contributed by atoms with Crippen molar-refractivity contribution < 1.29 is 9.90 Å². The van der Waals surface area contributed by atoms with Crippen molar-refractivity contribution in [1.82, 2.24) is 0 Å². The van der Waals surface area contributed by atoms with E-state index in [0.717, 1.165) is 16.9 Å². The van der Waals surface area contributed by atoms with Gasteiger partial charge in [-0.05, 0) is 24.6 Å². The number of aliphatic hydroxyl groups is 1. The number of anilines is 3. The molecule has 1 aliphatic heterocycles. The zero-order valence-electron chi connectivity index (χ0n) is 10.0. The smallest absolute Gasteiger partial charge is 0.228 e. The Labute approximate surface area is 100 Å². The normalized spacial score (nSPS) is 15.4. The molecule has 5 nitrogen and oxygen atoms in total. The van der Waals surface area contributed by atoms with Gasteiger partial charge in [0.15, 0.2) is 0 Å². The Hall–Kier alpha value is -1.75. The van der Waals surface area contributed by atoms with E-state index < -0.39 is 0 Å². The van der Waals surface area contributed by atoms with Crippen molar-refractivity contribution in [1.29, 1.82) is 0 Å². The van der Waals surface area contributed by atoms with E-state index in [2.05, 4.69) is 5.32 Å². The van der Waals surface area contributed by atoms with Crippen molar-refractivity contribution in [3.8, 4) is 0 Å². The maximum absolute atomic E-state index is 11.3. The van der Waals surface area contributed by atoms with Gasteiger partial charge in [-0.25, -0.2) is 0 Å². The molecule has 0 saturated carbocycles. The van der Waals surface area contributed by atoms with E-state index in [4.69, 9.17) is 10.8 Å². The highest BCUT2D eigenvalue weighted by Crippen LogP contribution is 2.33. The van der Waals surface area contributed by atoms with Gasteiger partial charge in [0.2, 0.25) is 5.91 Å². The van der Waals surface area contributed by atoms with Crippen molar-refractivity contribution in [2.24, 2.45) is 0 Å². The lowest BCUT2D eigenvalue weighted by Gasteiger charge is -2.27. The van der Waals surface area contributed by atoms with Crippen molar-refractivity contribution >= 4 is 23.0 Å². The molecule has 2 rings (SSSR count). The molecule has 1 heterocycles. The van der Waals surface area contributed by atoms with E-state index in [-0.39, 0.29) is 18.6 Å². The van der Waals surface area contributed by atoms with Crippen LogP contribution in [0.25, 0.3) is 0 Å². The predicted octanol–water partition coefficient (Wildman–Crippen LogP) is 0.580. The van der Waals surface area contributed by atoms with Crippen molar-refractivity contribution in [3.05, 3.63) is 17.7 Å². The van der Waals surface area contributed by atoms with E-state index in [0.29, 0.717) is 12.1 Å². The van der Waals surface area contributed by atoms with Gasteiger partial charge in [0, 0.05) is 18.8 Å². The standard InChI is InChI=1S/C12H17N3O2/c1-7(6-16)15(2)11-5-10-8(3-9(11)13)4-12(17)14-10/h3,5,7,16H,4,6,13H2,1-2H3,(H,14,17). The Kier molecular flexibility index (Phi) is 2.93. The number of nitrogens with zero attached hydrogens (tertiary/aromatic N) is 1. The largest absolute Gasteiger partial charge is 0.397 e. The third-order valence-electron chi connectivity index (χ3n) is 3.18. The van der Waals surface area contributed by atoms with Gasteiger partial charge in [0.25, 0.3) is 0 Å². The molecule has 1 unspecified atom stereocenters. The lowest BCUT2D eigenvalue weighted by molar-refractivity contribution is -0.115. The number of nitrogens with two attached hydrogens (primary N) is 1. The topological polar surface area (TPSA) is 78.6 Å². The van der Waals surface area contributed by atoms with Crippen LogP contribution < -0.4 is 16.0 Å². The second-order valence-corrected chi connectivity index (χ2v) is 4.44. The summed E-state index contributed by atoms with van der Waals surface area (Å²) >= 11 is 0. The second kappa shape index (κ2) is 4.25. The number of hydrogen-bond acceptors (Lipinski definition) is 4. The summed E-state index contributed by atoms with van der Waals surface area (Å²) in [7, 11) is 1.87. The average Bonchev–Trinajstić information content (AvgIpc) is 2.65. The van der Waals surface area contributed by atoms with Gasteiger partial charge >= 0.3 is 0 Å². The summed E-state index contributed by atoms with van der Waals surface area (Å²) in [6.07, 6.45) is 0.388. The molecule has 17 heavy (non-hydrogen) atoms. The highest BCUT2D eigenvalue weighted by molar-refractivity contribution is 6.00. The lowest BCUT2D eigenvalue weighted by atomic mass is 10.1. The number of nitrogen functional groups attached to an aromatic ring is 1. The van der Waals surface area contributed by atoms with Crippen LogP contribution in [0.4, 0.5) is 17.1 Å². The summed E-state index contributed by atoms with van der Waals surface area (Å²) in [5.41, 5.74) is 9.17. The lowest BCUT2D eigenvalue weighted by Crippen LogP contribution is -2.32. The molecular formula is C12H17N3O2. The summed E-state index contributed by atoms with van der Waals surface area (Å²) in [6.45, 7) is 1.96. The molecule has 0 saturated heterocycles. The van der Waals surface area contributed by atoms with Crippen LogP contribution in [0.15, 0.2) is 12.1 Å². The van der Waals surface area contributed by atoms with Crippen LogP contribution in [0, 0.1) is 0 Å². The fourth-order valence-corrected chi connectivity index (χ4v) is 1.95. The summed E-state index contributed by atoms with van der Waals surface area (Å²) in [4.78, 5) is 13.2. The Morgan fingerprint density at radius 1 is 1.59 bits per heavy atom. The molecular weight excluding hydrogens is 218 g/mol. The van der Waals surface area contributed by atoms with Gasteiger partial charge in [-0.2, -0.15) is 0 Å². The SMILES string of the molecule is CC(CO)N(C)c1cc2c(cc1N)CC(=O)N2. The van der Waals surface area contributed by atoms with Gasteiger partial charge in [-0.1, -0.05) is 0 Å². The molecule has 0 aliphatic carbocycles. The minimum absolute atomic E-state index is 0.00518. The summed E-state index contributed by atoms with van der Waals surface area (Å²) in [5.74, 6) is -0.00518. The number of carbonyl (C=O) groups is 1. The first-order chi connectivity index (χ1) is 8.02. The first kappa shape index (κ1) is 11.7. The van der Waals surface area contributed by atoms with Gasteiger partial charge in [-0.15, -0.1) is 0 Å². The molecule has 1 aromatic carbocycles. The monoisotopic (exact) mass is 235 g/mol. The first-order valence-corrected chi connectivity index (χ1v) is 5.59. The summed E-state index contributed by atoms with van der Waals surface area (Å²) in [6, 6.07) is 3.66. The quantitative estimate of drug-likeness (QED) is 0.670. The molecule has 92 valence electrons. The zero-order chi connectivity index (χ0) is 12.6. The molecule has 0 bridgehead atoms. The number of hydrogen-bond donors (Lipinski definition) is 3. The van der Waals surface area contributed by atoms with Crippen molar-refractivity contribution in [2.45, 2.75) is 19.4 Å². The third-order valence-corrected chi connectivity index (χ3v) is 3.18. The number of carbonyl (C=O) groups excluding carboxylic acids is 1. The number of aliphatic hydroxyl groups excluding tert-OH is 1. The first-order valence-electron chi connectivity index (χ1n) is 5.59. The van der Waals surface area contributed by atoms with Crippen molar-refractivity contribution in [3.63, 3.8) is 0 Å². The second-order valence-electron chi connectivity index (χ2n) is 4.44. The molecule has 0 aromatic heterocycles. The van der Waals surface area contributed by atoms with E-state index in [1.165, 1.54) is 0 Å². The van der Waals surface area contributed by atoms with Gasteiger partial charge in [-0.3, -0.25) is 4.79 Å². The molecule has 5 heteroatoms. The predicted molar refractivity (Wildman–Crippen MR) is 68.1 cm³/mol. The Morgan fingerprint density at radius 2 is 2.29 bits per heavy atom. The van der Waals surface area contributed by atoms with Gasteiger partial charge < -0.3 is 21.1 Å². The van der Waals surface area contributed by atoms with E-state index in [9.17, 15) is 4.79 Å². The number of nitrogens with one attached hydrogen (secondary N) is 1. The number of amides is 1. The average molecular weight is 235 g/mol. The molecule has 0 fully saturated rings. The Bertz CT molecular complexity index is 459. The van der Waals surface area contributed by atoms with Crippen LogP contribution in [0.2, 0.25) is 0 Å². The van der Waals surface area contributed by atoms with E-state index >= 15 is 0 Å². The number of fused-ring (bicyclic) bond motifs is 1. The number of benzene rings is 1. The van der Waals surface area contributed by atoms with Gasteiger partial charge in [0.1, 0.15) is 0 Å². The van der Waals surface area contributed by atoms with Crippen LogP contribution in [0.5, 0.6) is 0 Å². The molecule has 1 aliphatic rings. The Morgan fingerprint density at radius 3 is 2.94 bits per heavy atom. The van der Waals surface area contributed by atoms with Crippen LogP contribution in [-0.2, 0) is 11.2 Å². The highest BCUT2D eigenvalue weighted by Gasteiger charge is 2.21. The van der Waals surface area contributed by atoms with E-state index in [1.807, 2.05) is 31.0 Å². The van der Waals surface area contributed by atoms with E-state index in [1.54, 1.807) is 0 Å². The zero-order valence-corrected chi connectivity index (χ0v) is 10.0. The minimum Gasteiger partial charge on any atom is -0.397 e. The maximum Gasteiger partial charge on any atom is 0.228 e. The molecule has 1 amide bonds. The minimum atomic E-state index is -0.0209. The molecule has 0 radical (unpaired) electrons. The maximum atomic E-state index is 11.3. The summed E-state index contributed by atoms with van der Waals surface area (Å²) < 4.78 is 0. The van der Waals surface area contributed by atoms with Crippen LogP contribution in [0.3, 0.4) is 0 Å². The van der Waals surface area contributed by atoms with Gasteiger partial charge in [0.05, 0.1) is 24.4 Å².